The molecule has 2 unspecified atom stereocenters. The van der Waals surface area contributed by atoms with E-state index in [0.29, 0.717) is 21.4 Å². The van der Waals surface area contributed by atoms with E-state index in [2.05, 4.69) is 36.4 Å². The second-order valence-electron chi connectivity index (χ2n) is 6.87. The summed E-state index contributed by atoms with van der Waals surface area (Å²) < 4.78 is 21.8. The first-order valence-corrected chi connectivity index (χ1v) is 10.2. The molecule has 3 heterocycles. The molecular formula is C22H21O4P. The van der Waals surface area contributed by atoms with Crippen molar-refractivity contribution in [3.8, 4) is 33.2 Å². The summed E-state index contributed by atoms with van der Waals surface area (Å²) in [4.78, 5) is 0. The average Bonchev–Trinajstić information content (AvgIpc) is 3.65. The van der Waals surface area contributed by atoms with E-state index >= 15 is 0 Å². The first-order chi connectivity index (χ1) is 13.3. The van der Waals surface area contributed by atoms with E-state index in [1.807, 2.05) is 24.3 Å². The Morgan fingerprint density at radius 1 is 0.667 bits per heavy atom. The van der Waals surface area contributed by atoms with Crippen LogP contribution in [0, 0.1) is 0 Å². The van der Waals surface area contributed by atoms with Gasteiger partial charge in [0.05, 0.1) is 13.2 Å². The van der Waals surface area contributed by atoms with Gasteiger partial charge in [-0.1, -0.05) is 24.3 Å². The molecule has 0 saturated carbocycles. The van der Waals surface area contributed by atoms with Gasteiger partial charge in [0.1, 0.15) is 36.9 Å². The highest BCUT2D eigenvalue weighted by Gasteiger charge is 2.23. The largest absolute Gasteiger partial charge is 0.491 e. The quantitative estimate of drug-likeness (QED) is 0.536. The van der Waals surface area contributed by atoms with Crippen molar-refractivity contribution in [1.29, 1.82) is 0 Å². The fourth-order valence-electron chi connectivity index (χ4n) is 2.90. The van der Waals surface area contributed by atoms with E-state index in [1.165, 1.54) is 21.7 Å². The molecular weight excluding hydrogens is 359 g/mol. The van der Waals surface area contributed by atoms with Gasteiger partial charge in [-0.2, -0.15) is 0 Å². The van der Waals surface area contributed by atoms with Crippen molar-refractivity contribution >= 4 is 8.19 Å². The minimum absolute atomic E-state index is 0.286. The summed E-state index contributed by atoms with van der Waals surface area (Å²) in [5, 5.41) is 2.71. The molecule has 0 bridgehead atoms. The number of hydrogen-bond donors (Lipinski definition) is 0. The van der Waals surface area contributed by atoms with Gasteiger partial charge in [0, 0.05) is 0 Å². The van der Waals surface area contributed by atoms with Crippen LogP contribution in [0.3, 0.4) is 0 Å². The van der Waals surface area contributed by atoms with Crippen LogP contribution in [0.5, 0.6) is 11.5 Å². The van der Waals surface area contributed by atoms with Crippen molar-refractivity contribution in [1.82, 2.24) is 0 Å². The standard InChI is InChI=1S/C22H21O4P/c1-5-17(23-11-19-13-25-19)6-2-15(1)21-9-10-22(27-21)16-3-7-18(8-4-16)24-12-20-14-26-20/h1-10,19-20,27H,11-14H2. The first kappa shape index (κ1) is 16.9. The van der Waals surface area contributed by atoms with Gasteiger partial charge >= 0.3 is 0 Å². The van der Waals surface area contributed by atoms with E-state index < -0.39 is 0 Å². The van der Waals surface area contributed by atoms with Gasteiger partial charge in [0.15, 0.2) is 0 Å². The lowest BCUT2D eigenvalue weighted by Gasteiger charge is -2.06. The van der Waals surface area contributed by atoms with Crippen molar-refractivity contribution in [2.75, 3.05) is 26.4 Å². The maximum absolute atomic E-state index is 5.71. The Balaban J connectivity index is 1.24. The summed E-state index contributed by atoms with van der Waals surface area (Å²) in [6.45, 7) is 2.93. The SMILES string of the molecule is c1cc(-c2ccc(-c3ccc(OCC4CO4)cc3)[pH]2)ccc1OCC1CO1. The van der Waals surface area contributed by atoms with E-state index in [0.717, 1.165) is 24.7 Å². The van der Waals surface area contributed by atoms with Crippen LogP contribution in [0.4, 0.5) is 0 Å². The number of hydrogen-bond acceptors (Lipinski definition) is 4. The topological polar surface area (TPSA) is 43.5 Å². The second-order valence-corrected chi connectivity index (χ2v) is 8.19. The molecule has 5 rings (SSSR count). The van der Waals surface area contributed by atoms with E-state index in [4.69, 9.17) is 18.9 Å². The van der Waals surface area contributed by atoms with Crippen molar-refractivity contribution in [3.63, 3.8) is 0 Å². The van der Waals surface area contributed by atoms with Crippen molar-refractivity contribution in [2.24, 2.45) is 0 Å². The summed E-state index contributed by atoms with van der Waals surface area (Å²) >= 11 is 0. The third kappa shape index (κ3) is 4.36. The van der Waals surface area contributed by atoms with Gasteiger partial charge < -0.3 is 18.9 Å². The van der Waals surface area contributed by atoms with Gasteiger partial charge in [0.2, 0.25) is 0 Å². The van der Waals surface area contributed by atoms with Gasteiger partial charge in [-0.25, -0.2) is 0 Å². The minimum Gasteiger partial charge on any atom is -0.491 e. The van der Waals surface area contributed by atoms with Crippen LogP contribution in [-0.2, 0) is 9.47 Å². The number of benzene rings is 2. The molecule has 1 aromatic heterocycles. The molecule has 2 aromatic carbocycles. The van der Waals surface area contributed by atoms with E-state index in [9.17, 15) is 0 Å². The maximum atomic E-state index is 5.71. The highest BCUT2D eigenvalue weighted by molar-refractivity contribution is 7.37. The third-order valence-corrected chi connectivity index (χ3v) is 6.14. The Morgan fingerprint density at radius 2 is 1.07 bits per heavy atom. The average molecular weight is 380 g/mol. The Morgan fingerprint density at radius 3 is 1.44 bits per heavy atom. The predicted octanol–water partition coefficient (Wildman–Crippen LogP) is 4.61. The smallest absolute Gasteiger partial charge is 0.119 e. The number of ether oxygens (including phenoxy) is 4. The third-order valence-electron chi connectivity index (χ3n) is 4.69. The van der Waals surface area contributed by atoms with Crippen LogP contribution in [-0.4, -0.2) is 38.6 Å². The molecule has 4 nitrogen and oxygen atoms in total. The van der Waals surface area contributed by atoms with Crippen molar-refractivity contribution < 1.29 is 18.9 Å². The molecule has 138 valence electrons. The lowest BCUT2D eigenvalue weighted by atomic mass is 10.1. The highest BCUT2D eigenvalue weighted by atomic mass is 31.0. The molecule has 2 atom stereocenters. The molecule has 2 fully saturated rings. The van der Waals surface area contributed by atoms with Crippen LogP contribution < -0.4 is 9.47 Å². The lowest BCUT2D eigenvalue weighted by molar-refractivity contribution is 0.263. The summed E-state index contributed by atoms with van der Waals surface area (Å²) in [5.41, 5.74) is 2.50. The first-order valence-electron chi connectivity index (χ1n) is 9.22. The zero-order chi connectivity index (χ0) is 18.1. The van der Waals surface area contributed by atoms with Gasteiger partial charge in [-0.3, -0.25) is 0 Å². The van der Waals surface area contributed by atoms with Crippen LogP contribution >= 0.6 is 8.19 Å². The second kappa shape index (κ2) is 7.40. The summed E-state index contributed by atoms with van der Waals surface area (Å²) in [7, 11) is 0.654. The molecule has 0 radical (unpaired) electrons. The minimum atomic E-state index is 0.286. The molecule has 3 aromatic rings. The Kier molecular flexibility index (Phi) is 4.62. The van der Waals surface area contributed by atoms with Crippen molar-refractivity contribution in [3.05, 3.63) is 60.7 Å². The summed E-state index contributed by atoms with van der Waals surface area (Å²) in [5.74, 6) is 1.80. The van der Waals surface area contributed by atoms with Crippen LogP contribution in [0.1, 0.15) is 0 Å². The maximum Gasteiger partial charge on any atom is 0.119 e. The van der Waals surface area contributed by atoms with E-state index in [-0.39, 0.29) is 12.2 Å². The van der Waals surface area contributed by atoms with Crippen LogP contribution in [0.15, 0.2) is 60.7 Å². The van der Waals surface area contributed by atoms with Gasteiger partial charge in [-0.05, 0) is 58.1 Å². The Bertz CT molecular complexity index is 819. The molecule has 0 aliphatic carbocycles. The zero-order valence-corrected chi connectivity index (χ0v) is 15.9. The van der Waals surface area contributed by atoms with Crippen molar-refractivity contribution in [2.45, 2.75) is 12.2 Å². The van der Waals surface area contributed by atoms with Crippen LogP contribution in [0.2, 0.25) is 0 Å². The molecule has 2 aliphatic rings. The fourth-order valence-corrected chi connectivity index (χ4v) is 4.15. The molecule has 2 aliphatic heterocycles. The van der Waals surface area contributed by atoms with E-state index in [1.54, 1.807) is 0 Å². The molecule has 2 saturated heterocycles. The monoisotopic (exact) mass is 380 g/mol. The Hall–Kier alpha value is -2.26. The fraction of sp³-hybridized carbons (Fsp3) is 0.273. The number of epoxide rings is 2. The zero-order valence-electron chi connectivity index (χ0n) is 14.9. The van der Waals surface area contributed by atoms with Gasteiger partial charge in [-0.15, -0.1) is 8.19 Å². The van der Waals surface area contributed by atoms with Crippen LogP contribution in [0.25, 0.3) is 21.7 Å². The highest BCUT2D eigenvalue weighted by Crippen LogP contribution is 2.39. The predicted molar refractivity (Wildman–Crippen MR) is 107 cm³/mol. The van der Waals surface area contributed by atoms with Gasteiger partial charge in [0.25, 0.3) is 0 Å². The lowest BCUT2D eigenvalue weighted by Crippen LogP contribution is -2.03. The molecule has 0 N–H and O–H groups in total. The summed E-state index contributed by atoms with van der Waals surface area (Å²) in [6, 6.07) is 21.1. The molecule has 5 heteroatoms. The normalized spacial score (nSPS) is 20.6. The molecule has 27 heavy (non-hydrogen) atoms. The summed E-state index contributed by atoms with van der Waals surface area (Å²) in [6.07, 6.45) is 0.573. The number of rotatable bonds is 8. The Labute approximate surface area is 160 Å². The molecule has 0 amide bonds. The molecule has 0 spiro atoms.